The molecule has 1 aliphatic carbocycles. The standard InChI is InChI=1S/C11H16O2/c1-3-4-5-10(12)9-6-8(2)7-11(9)13/h4-5,7,9-10,12H,3,6H2,1-2H3. The van der Waals surface area contributed by atoms with Crippen LogP contribution in [0.25, 0.3) is 0 Å². The number of hydrogen-bond acceptors (Lipinski definition) is 2. The molecule has 1 rings (SSSR count). The Kier molecular flexibility index (Phi) is 3.43. The van der Waals surface area contributed by atoms with Crippen LogP contribution in [0, 0.1) is 5.92 Å². The molecule has 1 aliphatic rings. The van der Waals surface area contributed by atoms with Crippen molar-refractivity contribution in [2.75, 3.05) is 0 Å². The highest BCUT2D eigenvalue weighted by molar-refractivity contribution is 5.95. The third-order valence-electron chi connectivity index (χ3n) is 2.28. The Bertz CT molecular complexity index is 251. The van der Waals surface area contributed by atoms with E-state index in [-0.39, 0.29) is 11.7 Å². The molecule has 0 aliphatic heterocycles. The molecule has 0 aromatic carbocycles. The molecular formula is C11H16O2. The lowest BCUT2D eigenvalue weighted by Crippen LogP contribution is -2.22. The molecule has 0 fully saturated rings. The first-order valence-corrected chi connectivity index (χ1v) is 4.71. The van der Waals surface area contributed by atoms with Crippen LogP contribution in [0.1, 0.15) is 26.7 Å². The van der Waals surface area contributed by atoms with Crippen LogP contribution in [-0.4, -0.2) is 17.0 Å². The molecule has 0 heterocycles. The SMILES string of the molecule is CCC=CC(O)C1CC(C)=CC1=O. The van der Waals surface area contributed by atoms with Crippen molar-refractivity contribution in [2.45, 2.75) is 32.8 Å². The average Bonchev–Trinajstić information content (AvgIpc) is 2.41. The van der Waals surface area contributed by atoms with Crippen LogP contribution in [0.2, 0.25) is 0 Å². The zero-order valence-electron chi connectivity index (χ0n) is 8.16. The minimum atomic E-state index is -0.610. The molecule has 1 N–H and O–H groups in total. The van der Waals surface area contributed by atoms with Gasteiger partial charge in [-0.3, -0.25) is 4.79 Å². The van der Waals surface area contributed by atoms with Gasteiger partial charge in [-0.2, -0.15) is 0 Å². The van der Waals surface area contributed by atoms with E-state index >= 15 is 0 Å². The molecule has 2 nitrogen and oxygen atoms in total. The van der Waals surface area contributed by atoms with E-state index in [1.165, 1.54) is 0 Å². The lowest BCUT2D eigenvalue weighted by molar-refractivity contribution is -0.119. The van der Waals surface area contributed by atoms with Crippen LogP contribution >= 0.6 is 0 Å². The minimum Gasteiger partial charge on any atom is -0.388 e. The average molecular weight is 180 g/mol. The fourth-order valence-electron chi connectivity index (χ4n) is 1.55. The number of hydrogen-bond donors (Lipinski definition) is 1. The molecule has 0 amide bonds. The first-order chi connectivity index (χ1) is 6.15. The maximum atomic E-state index is 11.3. The third kappa shape index (κ3) is 2.52. The zero-order valence-corrected chi connectivity index (χ0v) is 8.16. The van der Waals surface area contributed by atoms with Crippen molar-refractivity contribution >= 4 is 5.78 Å². The second-order valence-corrected chi connectivity index (χ2v) is 3.53. The molecule has 2 unspecified atom stereocenters. The van der Waals surface area contributed by atoms with Gasteiger partial charge >= 0.3 is 0 Å². The van der Waals surface area contributed by atoms with Gasteiger partial charge in [0.25, 0.3) is 0 Å². The van der Waals surface area contributed by atoms with Crippen molar-refractivity contribution < 1.29 is 9.90 Å². The lowest BCUT2D eigenvalue weighted by atomic mass is 9.97. The van der Waals surface area contributed by atoms with Gasteiger partial charge < -0.3 is 5.11 Å². The lowest BCUT2D eigenvalue weighted by Gasteiger charge is -2.12. The maximum absolute atomic E-state index is 11.3. The number of aliphatic hydroxyl groups excluding tert-OH is 1. The highest BCUT2D eigenvalue weighted by Gasteiger charge is 2.28. The summed E-state index contributed by atoms with van der Waals surface area (Å²) in [5.41, 5.74) is 1.07. The largest absolute Gasteiger partial charge is 0.388 e. The van der Waals surface area contributed by atoms with Gasteiger partial charge in [0, 0.05) is 0 Å². The summed E-state index contributed by atoms with van der Waals surface area (Å²) in [5.74, 6) is -0.173. The Morgan fingerprint density at radius 3 is 2.92 bits per heavy atom. The highest BCUT2D eigenvalue weighted by Crippen LogP contribution is 2.24. The molecule has 72 valence electrons. The molecule has 0 radical (unpaired) electrons. The van der Waals surface area contributed by atoms with E-state index in [2.05, 4.69) is 0 Å². The van der Waals surface area contributed by atoms with E-state index in [9.17, 15) is 9.90 Å². The molecule has 0 spiro atoms. The Labute approximate surface area is 79.0 Å². The van der Waals surface area contributed by atoms with Crippen LogP contribution in [0.5, 0.6) is 0 Å². The zero-order chi connectivity index (χ0) is 9.84. The van der Waals surface area contributed by atoms with E-state index < -0.39 is 6.10 Å². The monoisotopic (exact) mass is 180 g/mol. The van der Waals surface area contributed by atoms with Crippen LogP contribution in [-0.2, 0) is 4.79 Å². The first kappa shape index (κ1) is 10.2. The predicted octanol–water partition coefficient (Wildman–Crippen LogP) is 1.85. The Balaban J connectivity index is 2.55. The van der Waals surface area contributed by atoms with Gasteiger partial charge in [0.2, 0.25) is 0 Å². The van der Waals surface area contributed by atoms with E-state index in [0.717, 1.165) is 12.0 Å². The van der Waals surface area contributed by atoms with E-state index in [4.69, 9.17) is 0 Å². The van der Waals surface area contributed by atoms with Crippen molar-refractivity contribution in [1.29, 1.82) is 0 Å². The molecule has 0 aromatic heterocycles. The Hall–Kier alpha value is -0.890. The van der Waals surface area contributed by atoms with Gasteiger partial charge in [0.15, 0.2) is 5.78 Å². The number of carbonyl (C=O) groups excluding carboxylic acids is 1. The third-order valence-corrected chi connectivity index (χ3v) is 2.28. The van der Waals surface area contributed by atoms with Gasteiger partial charge in [-0.1, -0.05) is 24.6 Å². The van der Waals surface area contributed by atoms with E-state index in [1.54, 1.807) is 12.2 Å². The number of carbonyl (C=O) groups is 1. The van der Waals surface area contributed by atoms with E-state index in [1.807, 2.05) is 19.9 Å². The Morgan fingerprint density at radius 1 is 1.77 bits per heavy atom. The quantitative estimate of drug-likeness (QED) is 0.673. The Morgan fingerprint density at radius 2 is 2.46 bits per heavy atom. The van der Waals surface area contributed by atoms with Crippen molar-refractivity contribution in [3.8, 4) is 0 Å². The molecular weight excluding hydrogens is 164 g/mol. The summed E-state index contributed by atoms with van der Waals surface area (Å²) >= 11 is 0. The first-order valence-electron chi connectivity index (χ1n) is 4.71. The van der Waals surface area contributed by atoms with Gasteiger partial charge in [-0.15, -0.1) is 0 Å². The molecule has 13 heavy (non-hydrogen) atoms. The van der Waals surface area contributed by atoms with E-state index in [0.29, 0.717) is 6.42 Å². The van der Waals surface area contributed by atoms with Crippen LogP contribution < -0.4 is 0 Å². The van der Waals surface area contributed by atoms with Crippen molar-refractivity contribution in [2.24, 2.45) is 5.92 Å². The number of aliphatic hydroxyl groups is 1. The fourth-order valence-corrected chi connectivity index (χ4v) is 1.55. The maximum Gasteiger partial charge on any atom is 0.161 e. The number of rotatable bonds is 3. The summed E-state index contributed by atoms with van der Waals surface area (Å²) in [5, 5.41) is 9.63. The number of ketones is 1. The summed E-state index contributed by atoms with van der Waals surface area (Å²) in [7, 11) is 0. The summed E-state index contributed by atoms with van der Waals surface area (Å²) in [6.07, 6.45) is 6.23. The van der Waals surface area contributed by atoms with Crippen molar-refractivity contribution in [3.05, 3.63) is 23.8 Å². The normalized spacial score (nSPS) is 25.3. The van der Waals surface area contributed by atoms with Crippen LogP contribution in [0.3, 0.4) is 0 Å². The number of allylic oxidation sites excluding steroid dienone is 3. The predicted molar refractivity (Wildman–Crippen MR) is 52.3 cm³/mol. The second kappa shape index (κ2) is 4.38. The van der Waals surface area contributed by atoms with Gasteiger partial charge in [-0.05, 0) is 25.8 Å². The molecule has 0 saturated carbocycles. The van der Waals surface area contributed by atoms with Crippen molar-refractivity contribution in [3.63, 3.8) is 0 Å². The summed E-state index contributed by atoms with van der Waals surface area (Å²) < 4.78 is 0. The molecule has 0 bridgehead atoms. The smallest absolute Gasteiger partial charge is 0.161 e. The van der Waals surface area contributed by atoms with Crippen LogP contribution in [0.4, 0.5) is 0 Å². The highest BCUT2D eigenvalue weighted by atomic mass is 16.3. The van der Waals surface area contributed by atoms with Gasteiger partial charge in [0.1, 0.15) is 0 Å². The molecule has 0 aromatic rings. The minimum absolute atomic E-state index is 0.0609. The van der Waals surface area contributed by atoms with Gasteiger partial charge in [-0.25, -0.2) is 0 Å². The topological polar surface area (TPSA) is 37.3 Å². The molecule has 0 saturated heterocycles. The summed E-state index contributed by atoms with van der Waals surface area (Å²) in [4.78, 5) is 11.3. The summed E-state index contributed by atoms with van der Waals surface area (Å²) in [6.45, 7) is 3.93. The van der Waals surface area contributed by atoms with Crippen LogP contribution in [0.15, 0.2) is 23.8 Å². The van der Waals surface area contributed by atoms with Crippen molar-refractivity contribution in [1.82, 2.24) is 0 Å². The molecule has 2 heteroatoms. The molecule has 2 atom stereocenters. The van der Waals surface area contributed by atoms with Gasteiger partial charge in [0.05, 0.1) is 12.0 Å². The summed E-state index contributed by atoms with van der Waals surface area (Å²) in [6, 6.07) is 0. The fraction of sp³-hybridized carbons (Fsp3) is 0.545. The second-order valence-electron chi connectivity index (χ2n) is 3.53.